The average Bonchev–Trinajstić information content (AvgIpc) is 3.02. The smallest absolute Gasteiger partial charge is 0.319 e. The first kappa shape index (κ1) is 17.0. The Morgan fingerprint density at radius 1 is 1.19 bits per heavy atom. The van der Waals surface area contributed by atoms with E-state index in [1.54, 1.807) is 24.3 Å². The molecule has 0 saturated heterocycles. The van der Waals surface area contributed by atoms with Gasteiger partial charge in [0.25, 0.3) is 0 Å². The number of carbonyl (C=O) groups is 1. The first-order valence-corrected chi connectivity index (χ1v) is 8.01. The first-order valence-electron chi connectivity index (χ1n) is 8.01. The number of aryl methyl sites for hydroxylation is 1. The molecule has 0 atom stereocenters. The van der Waals surface area contributed by atoms with Gasteiger partial charge in [-0.3, -0.25) is 0 Å². The third-order valence-electron chi connectivity index (χ3n) is 3.87. The standard InChI is InChI=1S/C19H18N6O/c1-13-2-4-14(5-3-13)11-22-19(26)24-16-6-8-17(9-7-16)25-18(21)15(10-20)12-23-25/h2-9,12H,11,21H2,1H3,(H2,22,24,26). The maximum absolute atomic E-state index is 12.0. The van der Waals surface area contributed by atoms with Gasteiger partial charge in [0.15, 0.2) is 0 Å². The number of nitrogens with zero attached hydrogens (tertiary/aromatic N) is 3. The lowest BCUT2D eigenvalue weighted by atomic mass is 10.1. The molecule has 7 heteroatoms. The minimum Gasteiger partial charge on any atom is -0.382 e. The number of nitriles is 1. The van der Waals surface area contributed by atoms with Crippen molar-refractivity contribution in [2.24, 2.45) is 0 Å². The summed E-state index contributed by atoms with van der Waals surface area (Å²) in [4.78, 5) is 12.0. The average molecular weight is 346 g/mol. The van der Waals surface area contributed by atoms with Crippen LogP contribution in [0.25, 0.3) is 5.69 Å². The van der Waals surface area contributed by atoms with Gasteiger partial charge in [0, 0.05) is 12.2 Å². The molecule has 7 nitrogen and oxygen atoms in total. The summed E-state index contributed by atoms with van der Waals surface area (Å²) in [5, 5.41) is 18.6. The van der Waals surface area contributed by atoms with Crippen LogP contribution >= 0.6 is 0 Å². The van der Waals surface area contributed by atoms with Crippen molar-refractivity contribution in [1.82, 2.24) is 15.1 Å². The van der Waals surface area contributed by atoms with Gasteiger partial charge in [-0.05, 0) is 36.8 Å². The summed E-state index contributed by atoms with van der Waals surface area (Å²) in [6.07, 6.45) is 1.42. The number of nitrogens with one attached hydrogen (secondary N) is 2. The van der Waals surface area contributed by atoms with Crippen molar-refractivity contribution in [2.45, 2.75) is 13.5 Å². The molecular weight excluding hydrogens is 328 g/mol. The zero-order chi connectivity index (χ0) is 18.5. The molecule has 0 aliphatic rings. The molecule has 3 rings (SSSR count). The van der Waals surface area contributed by atoms with Crippen LogP contribution in [0.2, 0.25) is 0 Å². The van der Waals surface area contributed by atoms with Gasteiger partial charge in [-0.2, -0.15) is 10.4 Å². The highest BCUT2D eigenvalue weighted by molar-refractivity contribution is 5.89. The number of carbonyl (C=O) groups excluding carboxylic acids is 1. The third kappa shape index (κ3) is 3.82. The first-order chi connectivity index (χ1) is 12.6. The van der Waals surface area contributed by atoms with Crippen molar-refractivity contribution in [3.63, 3.8) is 0 Å². The number of amides is 2. The molecule has 0 aliphatic heterocycles. The summed E-state index contributed by atoms with van der Waals surface area (Å²) in [5.74, 6) is 0.282. The Hall–Kier alpha value is -3.79. The normalized spacial score (nSPS) is 10.2. The second-order valence-electron chi connectivity index (χ2n) is 5.81. The number of aromatic nitrogens is 2. The largest absolute Gasteiger partial charge is 0.382 e. The van der Waals surface area contributed by atoms with E-state index in [9.17, 15) is 4.79 Å². The van der Waals surface area contributed by atoms with Crippen molar-refractivity contribution in [3.05, 3.63) is 71.4 Å². The van der Waals surface area contributed by atoms with Crippen molar-refractivity contribution in [3.8, 4) is 11.8 Å². The van der Waals surface area contributed by atoms with Gasteiger partial charge in [-0.25, -0.2) is 9.48 Å². The van der Waals surface area contributed by atoms with E-state index in [1.165, 1.54) is 16.4 Å². The third-order valence-corrected chi connectivity index (χ3v) is 3.87. The molecule has 4 N–H and O–H groups in total. The molecule has 130 valence electrons. The molecular formula is C19H18N6O. The van der Waals surface area contributed by atoms with E-state index in [0.29, 0.717) is 23.5 Å². The highest BCUT2D eigenvalue weighted by atomic mass is 16.2. The van der Waals surface area contributed by atoms with E-state index in [0.717, 1.165) is 5.56 Å². The van der Waals surface area contributed by atoms with E-state index >= 15 is 0 Å². The number of urea groups is 1. The van der Waals surface area contributed by atoms with Crippen molar-refractivity contribution >= 4 is 17.5 Å². The lowest BCUT2D eigenvalue weighted by Gasteiger charge is -2.09. The zero-order valence-electron chi connectivity index (χ0n) is 14.2. The zero-order valence-corrected chi connectivity index (χ0v) is 14.2. The Bertz CT molecular complexity index is 951. The number of rotatable bonds is 4. The Morgan fingerprint density at radius 3 is 2.50 bits per heavy atom. The number of hydrogen-bond acceptors (Lipinski definition) is 4. The predicted octanol–water partition coefficient (Wildman–Crippen LogP) is 2.96. The van der Waals surface area contributed by atoms with Gasteiger partial charge in [-0.15, -0.1) is 0 Å². The van der Waals surface area contributed by atoms with E-state index in [4.69, 9.17) is 11.0 Å². The quantitative estimate of drug-likeness (QED) is 0.675. The van der Waals surface area contributed by atoms with E-state index in [2.05, 4.69) is 15.7 Å². The summed E-state index contributed by atoms with van der Waals surface area (Å²) in [5.41, 5.74) is 9.74. The van der Waals surface area contributed by atoms with Gasteiger partial charge >= 0.3 is 6.03 Å². The van der Waals surface area contributed by atoms with E-state index in [-0.39, 0.29) is 11.8 Å². The second-order valence-corrected chi connectivity index (χ2v) is 5.81. The minimum absolute atomic E-state index is 0.282. The maximum atomic E-state index is 12.0. The van der Waals surface area contributed by atoms with Crippen molar-refractivity contribution in [2.75, 3.05) is 11.1 Å². The van der Waals surface area contributed by atoms with Crippen molar-refractivity contribution < 1.29 is 4.79 Å². The van der Waals surface area contributed by atoms with Crippen molar-refractivity contribution in [1.29, 1.82) is 5.26 Å². The molecule has 0 radical (unpaired) electrons. The van der Waals surface area contributed by atoms with Crippen LogP contribution in [0, 0.1) is 18.3 Å². The summed E-state index contributed by atoms with van der Waals surface area (Å²) >= 11 is 0. The number of nitrogens with two attached hydrogens (primary N) is 1. The SMILES string of the molecule is Cc1ccc(CNC(=O)Nc2ccc(-n3ncc(C#N)c3N)cc2)cc1. The fourth-order valence-electron chi connectivity index (χ4n) is 2.40. The van der Waals surface area contributed by atoms with Gasteiger partial charge in [0.05, 0.1) is 11.9 Å². The minimum atomic E-state index is -0.288. The second kappa shape index (κ2) is 7.40. The summed E-state index contributed by atoms with van der Waals surface area (Å²) in [6.45, 7) is 2.47. The molecule has 26 heavy (non-hydrogen) atoms. The monoisotopic (exact) mass is 346 g/mol. The lowest BCUT2D eigenvalue weighted by molar-refractivity contribution is 0.251. The highest BCUT2D eigenvalue weighted by Crippen LogP contribution is 2.18. The Kier molecular flexibility index (Phi) is 4.85. The molecule has 2 amide bonds. The molecule has 0 spiro atoms. The fraction of sp³-hybridized carbons (Fsp3) is 0.105. The lowest BCUT2D eigenvalue weighted by Crippen LogP contribution is -2.28. The van der Waals surface area contributed by atoms with Crippen LogP contribution in [-0.4, -0.2) is 15.8 Å². The molecule has 3 aromatic rings. The number of benzene rings is 2. The Morgan fingerprint density at radius 2 is 1.88 bits per heavy atom. The Balaban J connectivity index is 1.60. The molecule has 0 aliphatic carbocycles. The van der Waals surface area contributed by atoms with Crippen LogP contribution < -0.4 is 16.4 Å². The number of hydrogen-bond donors (Lipinski definition) is 3. The van der Waals surface area contributed by atoms with Crippen LogP contribution in [0.4, 0.5) is 16.3 Å². The summed E-state index contributed by atoms with van der Waals surface area (Å²) in [6, 6.07) is 16.7. The van der Waals surface area contributed by atoms with Gasteiger partial charge in [0.1, 0.15) is 17.5 Å². The topological polar surface area (TPSA) is 109 Å². The fourth-order valence-corrected chi connectivity index (χ4v) is 2.40. The Labute approximate surface area is 151 Å². The summed E-state index contributed by atoms with van der Waals surface area (Å²) in [7, 11) is 0. The molecule has 1 aromatic heterocycles. The van der Waals surface area contributed by atoms with Gasteiger partial charge in [0.2, 0.25) is 0 Å². The maximum Gasteiger partial charge on any atom is 0.319 e. The summed E-state index contributed by atoms with van der Waals surface area (Å²) < 4.78 is 1.47. The predicted molar refractivity (Wildman–Crippen MR) is 99.7 cm³/mol. The number of anilines is 2. The molecule has 0 saturated carbocycles. The van der Waals surface area contributed by atoms with Crippen LogP contribution in [0.1, 0.15) is 16.7 Å². The van der Waals surface area contributed by atoms with Gasteiger partial charge < -0.3 is 16.4 Å². The molecule has 1 heterocycles. The van der Waals surface area contributed by atoms with Crippen LogP contribution in [0.5, 0.6) is 0 Å². The molecule has 0 bridgehead atoms. The van der Waals surface area contributed by atoms with E-state index in [1.807, 2.05) is 37.3 Å². The highest BCUT2D eigenvalue weighted by Gasteiger charge is 2.09. The molecule has 0 fully saturated rings. The molecule has 0 unspecified atom stereocenters. The number of nitrogen functional groups attached to an aromatic ring is 1. The van der Waals surface area contributed by atoms with Crippen LogP contribution in [0.3, 0.4) is 0 Å². The van der Waals surface area contributed by atoms with Crippen LogP contribution in [-0.2, 0) is 6.54 Å². The van der Waals surface area contributed by atoms with E-state index < -0.39 is 0 Å². The van der Waals surface area contributed by atoms with Gasteiger partial charge in [-0.1, -0.05) is 29.8 Å². The van der Waals surface area contributed by atoms with Crippen LogP contribution in [0.15, 0.2) is 54.7 Å². The molecule has 2 aromatic carbocycles.